The van der Waals surface area contributed by atoms with Gasteiger partial charge >= 0.3 is 0 Å². The van der Waals surface area contributed by atoms with E-state index in [9.17, 15) is 9.59 Å². The molecule has 5 rings (SSSR count). The molecule has 0 unspecified atom stereocenters. The van der Waals surface area contributed by atoms with Crippen LogP contribution < -0.4 is 5.32 Å². The van der Waals surface area contributed by atoms with Crippen molar-refractivity contribution in [3.63, 3.8) is 0 Å². The summed E-state index contributed by atoms with van der Waals surface area (Å²) < 4.78 is 2.31. The van der Waals surface area contributed by atoms with Gasteiger partial charge in [0.1, 0.15) is 0 Å². The molecule has 0 saturated carbocycles. The Morgan fingerprint density at radius 1 is 0.805 bits per heavy atom. The summed E-state index contributed by atoms with van der Waals surface area (Å²) >= 11 is 0. The van der Waals surface area contributed by atoms with Gasteiger partial charge in [-0.05, 0) is 77.8 Å². The first-order valence-corrected chi connectivity index (χ1v) is 14.2. The van der Waals surface area contributed by atoms with E-state index in [0.717, 1.165) is 39.7 Å². The van der Waals surface area contributed by atoms with Crippen LogP contribution in [-0.4, -0.2) is 16.3 Å². The van der Waals surface area contributed by atoms with Crippen LogP contribution in [0.25, 0.3) is 22.0 Å². The Hall–Kier alpha value is -4.44. The molecule has 0 aliphatic rings. The standard InChI is InChI=1S/C37H38N2O2/c1-24-25(2)39(23-28-11-15-29(16-12-28)33-10-8-7-9-32(33)26(3)40)35-20-17-30(21-34(24)35)36(41)38-22-27-13-18-31(19-14-27)37(4,5)6/h7-21H,22-23H2,1-6H3,(H,38,41). The lowest BCUT2D eigenvalue weighted by Gasteiger charge is -2.19. The SMILES string of the molecule is CC(=O)c1ccccc1-c1ccc(Cn2c(C)c(C)c3cc(C(=O)NCc4ccc(C(C)(C)C)cc4)ccc32)cc1. The van der Waals surface area contributed by atoms with Crippen LogP contribution in [-0.2, 0) is 18.5 Å². The van der Waals surface area contributed by atoms with Gasteiger partial charge in [0.15, 0.2) is 5.78 Å². The Morgan fingerprint density at radius 3 is 2.12 bits per heavy atom. The summed E-state index contributed by atoms with van der Waals surface area (Å²) in [5, 5.41) is 4.18. The molecular formula is C37H38N2O2. The minimum atomic E-state index is -0.0713. The number of rotatable bonds is 7. The normalized spacial score (nSPS) is 11.6. The first kappa shape index (κ1) is 28.1. The molecule has 5 aromatic rings. The quantitative estimate of drug-likeness (QED) is 0.210. The number of amides is 1. The lowest BCUT2D eigenvalue weighted by molar-refractivity contribution is 0.0950. The van der Waals surface area contributed by atoms with Crippen molar-refractivity contribution in [3.8, 4) is 11.1 Å². The van der Waals surface area contributed by atoms with Crippen molar-refractivity contribution in [3.05, 3.63) is 130 Å². The van der Waals surface area contributed by atoms with Crippen LogP contribution in [0, 0.1) is 13.8 Å². The summed E-state index contributed by atoms with van der Waals surface area (Å²) in [6.07, 6.45) is 0. The maximum absolute atomic E-state index is 13.1. The summed E-state index contributed by atoms with van der Waals surface area (Å²) in [7, 11) is 0. The van der Waals surface area contributed by atoms with Gasteiger partial charge in [-0.25, -0.2) is 0 Å². The maximum Gasteiger partial charge on any atom is 0.251 e. The summed E-state index contributed by atoms with van der Waals surface area (Å²) in [6.45, 7) is 13.7. The number of nitrogens with zero attached hydrogens (tertiary/aromatic N) is 1. The number of ketones is 1. The number of carbonyl (C=O) groups is 2. The third-order valence-electron chi connectivity index (χ3n) is 8.09. The number of Topliss-reactive ketones (excluding diaryl/α,β-unsaturated/α-hetero) is 1. The van der Waals surface area contributed by atoms with Crippen molar-refractivity contribution in [1.29, 1.82) is 0 Å². The van der Waals surface area contributed by atoms with E-state index >= 15 is 0 Å². The molecule has 0 aliphatic carbocycles. The lowest BCUT2D eigenvalue weighted by atomic mass is 9.87. The van der Waals surface area contributed by atoms with Crippen LogP contribution in [0.3, 0.4) is 0 Å². The Kier molecular flexibility index (Phi) is 7.68. The summed E-state index contributed by atoms with van der Waals surface area (Å²) in [5.74, 6) is -0.00424. The van der Waals surface area contributed by atoms with Crippen LogP contribution in [0.4, 0.5) is 0 Å². The fourth-order valence-electron chi connectivity index (χ4n) is 5.42. The van der Waals surface area contributed by atoms with Gasteiger partial charge in [-0.2, -0.15) is 0 Å². The van der Waals surface area contributed by atoms with E-state index in [1.165, 1.54) is 22.4 Å². The molecule has 1 amide bonds. The summed E-state index contributed by atoms with van der Waals surface area (Å²) in [6, 6.07) is 30.6. The number of aryl methyl sites for hydroxylation is 1. The second-order valence-electron chi connectivity index (χ2n) is 12.0. The average Bonchev–Trinajstić information content (AvgIpc) is 3.20. The molecule has 208 valence electrons. The fourth-order valence-corrected chi connectivity index (χ4v) is 5.42. The van der Waals surface area contributed by atoms with Crippen LogP contribution in [0.1, 0.15) is 76.4 Å². The molecule has 4 heteroatoms. The zero-order valence-corrected chi connectivity index (χ0v) is 24.8. The molecule has 4 aromatic carbocycles. The molecule has 41 heavy (non-hydrogen) atoms. The highest BCUT2D eigenvalue weighted by Gasteiger charge is 2.16. The van der Waals surface area contributed by atoms with Crippen LogP contribution in [0.5, 0.6) is 0 Å². The highest BCUT2D eigenvalue weighted by molar-refractivity contribution is 6.01. The van der Waals surface area contributed by atoms with Crippen LogP contribution in [0.2, 0.25) is 0 Å². The Bertz CT molecular complexity index is 1730. The molecule has 0 spiro atoms. The van der Waals surface area contributed by atoms with Crippen molar-refractivity contribution in [2.45, 2.75) is 60.0 Å². The zero-order valence-electron chi connectivity index (χ0n) is 24.8. The maximum atomic E-state index is 13.1. The molecule has 1 aromatic heterocycles. The number of aromatic nitrogens is 1. The van der Waals surface area contributed by atoms with Gasteiger partial charge in [0.25, 0.3) is 5.91 Å². The van der Waals surface area contributed by atoms with E-state index in [1.54, 1.807) is 6.92 Å². The van der Waals surface area contributed by atoms with Gasteiger partial charge in [0.2, 0.25) is 0 Å². The summed E-state index contributed by atoms with van der Waals surface area (Å²) in [4.78, 5) is 25.1. The Labute approximate surface area is 243 Å². The number of fused-ring (bicyclic) bond motifs is 1. The fraction of sp³-hybridized carbons (Fsp3) is 0.243. The molecule has 0 radical (unpaired) electrons. The molecular weight excluding hydrogens is 504 g/mol. The van der Waals surface area contributed by atoms with Crippen molar-refractivity contribution in [2.75, 3.05) is 0 Å². The number of hydrogen-bond donors (Lipinski definition) is 1. The van der Waals surface area contributed by atoms with Crippen molar-refractivity contribution in [2.24, 2.45) is 0 Å². The molecule has 0 bridgehead atoms. The van der Waals surface area contributed by atoms with Gasteiger partial charge < -0.3 is 9.88 Å². The highest BCUT2D eigenvalue weighted by atomic mass is 16.1. The van der Waals surface area contributed by atoms with Crippen molar-refractivity contribution < 1.29 is 9.59 Å². The number of carbonyl (C=O) groups excluding carboxylic acids is 2. The van der Waals surface area contributed by atoms with Crippen molar-refractivity contribution >= 4 is 22.6 Å². The van der Waals surface area contributed by atoms with E-state index in [-0.39, 0.29) is 17.1 Å². The van der Waals surface area contributed by atoms with Gasteiger partial charge in [-0.15, -0.1) is 0 Å². The second kappa shape index (κ2) is 11.2. The largest absolute Gasteiger partial charge is 0.348 e. The average molecular weight is 543 g/mol. The monoisotopic (exact) mass is 542 g/mol. The van der Waals surface area contributed by atoms with Crippen molar-refractivity contribution in [1.82, 2.24) is 9.88 Å². The zero-order chi connectivity index (χ0) is 29.3. The third kappa shape index (κ3) is 5.88. The predicted octanol–water partition coefficient (Wildman–Crippen LogP) is 8.40. The lowest BCUT2D eigenvalue weighted by Crippen LogP contribution is -2.22. The van der Waals surface area contributed by atoms with E-state index in [0.29, 0.717) is 12.1 Å². The van der Waals surface area contributed by atoms with Crippen LogP contribution in [0.15, 0.2) is 91.0 Å². The highest BCUT2D eigenvalue weighted by Crippen LogP contribution is 2.29. The van der Waals surface area contributed by atoms with E-state index < -0.39 is 0 Å². The molecule has 0 atom stereocenters. The third-order valence-corrected chi connectivity index (χ3v) is 8.09. The first-order chi connectivity index (χ1) is 19.5. The van der Waals surface area contributed by atoms with E-state index in [4.69, 9.17) is 0 Å². The van der Waals surface area contributed by atoms with E-state index in [2.05, 4.69) is 99.1 Å². The number of hydrogen-bond acceptors (Lipinski definition) is 2. The first-order valence-electron chi connectivity index (χ1n) is 14.2. The summed E-state index contributed by atoms with van der Waals surface area (Å²) in [5.41, 5.74) is 10.5. The Balaban J connectivity index is 1.33. The number of nitrogens with one attached hydrogen (secondary N) is 1. The predicted molar refractivity (Wildman–Crippen MR) is 169 cm³/mol. The molecule has 0 aliphatic heterocycles. The minimum Gasteiger partial charge on any atom is -0.348 e. The molecule has 0 fully saturated rings. The second-order valence-corrected chi connectivity index (χ2v) is 12.0. The van der Waals surface area contributed by atoms with E-state index in [1.807, 2.05) is 36.4 Å². The van der Waals surface area contributed by atoms with Crippen LogP contribution >= 0.6 is 0 Å². The minimum absolute atomic E-state index is 0.0670. The topological polar surface area (TPSA) is 51.1 Å². The number of benzene rings is 4. The molecule has 4 nitrogen and oxygen atoms in total. The Morgan fingerprint density at radius 2 is 1.46 bits per heavy atom. The van der Waals surface area contributed by atoms with Gasteiger partial charge in [0.05, 0.1) is 0 Å². The van der Waals surface area contributed by atoms with Gasteiger partial charge in [0, 0.05) is 40.8 Å². The molecule has 1 heterocycles. The van der Waals surface area contributed by atoms with Gasteiger partial charge in [-0.3, -0.25) is 9.59 Å². The smallest absolute Gasteiger partial charge is 0.251 e. The van der Waals surface area contributed by atoms with Gasteiger partial charge in [-0.1, -0.05) is 93.6 Å². The molecule has 0 saturated heterocycles. The molecule has 1 N–H and O–H groups in total.